The Bertz CT molecular complexity index is 781. The molecule has 110 valence electrons. The van der Waals surface area contributed by atoms with Gasteiger partial charge in [0.05, 0.1) is 4.90 Å². The third-order valence-corrected chi connectivity index (χ3v) is 4.08. The summed E-state index contributed by atoms with van der Waals surface area (Å²) in [7, 11) is -3.32. The molecule has 2 aromatic carbocycles. The van der Waals surface area contributed by atoms with Gasteiger partial charge in [0.25, 0.3) is 0 Å². The highest BCUT2D eigenvalue weighted by Crippen LogP contribution is 2.14. The first-order chi connectivity index (χ1) is 9.77. The third-order valence-electron chi connectivity index (χ3n) is 2.95. The second-order valence-corrected chi connectivity index (χ2v) is 6.66. The van der Waals surface area contributed by atoms with Gasteiger partial charge in [-0.1, -0.05) is 18.2 Å². The van der Waals surface area contributed by atoms with E-state index in [0.717, 1.165) is 18.4 Å². The second-order valence-electron chi connectivity index (χ2n) is 4.64. The van der Waals surface area contributed by atoms with Crippen molar-refractivity contribution in [3.63, 3.8) is 0 Å². The van der Waals surface area contributed by atoms with Crippen molar-refractivity contribution in [1.82, 2.24) is 0 Å². The molecule has 21 heavy (non-hydrogen) atoms. The van der Waals surface area contributed by atoms with Gasteiger partial charge in [-0.15, -0.1) is 0 Å². The summed E-state index contributed by atoms with van der Waals surface area (Å²) in [4.78, 5) is 12.1. The molecule has 0 bridgehead atoms. The van der Waals surface area contributed by atoms with Crippen LogP contribution < -0.4 is 0 Å². The molecule has 6 heteroatoms. The van der Waals surface area contributed by atoms with Crippen LogP contribution in [0.1, 0.15) is 15.9 Å². The van der Waals surface area contributed by atoms with E-state index in [0.29, 0.717) is 11.1 Å². The largest absolute Gasteiger partial charge is 0.294 e. The van der Waals surface area contributed by atoms with Crippen molar-refractivity contribution in [2.24, 2.45) is 0 Å². The molecule has 0 heterocycles. The van der Waals surface area contributed by atoms with Crippen LogP contribution in [0.2, 0.25) is 0 Å². The molecule has 2 aromatic rings. The molecule has 0 aliphatic carbocycles. The zero-order chi connectivity index (χ0) is 15.6. The zero-order valence-corrected chi connectivity index (χ0v) is 12.0. The maximum absolute atomic E-state index is 13.1. The average molecular weight is 310 g/mol. The zero-order valence-electron chi connectivity index (χ0n) is 11.1. The van der Waals surface area contributed by atoms with Crippen molar-refractivity contribution in [2.75, 3.05) is 6.26 Å². The minimum absolute atomic E-state index is 0.0879. The molecule has 2 rings (SSSR count). The maximum Gasteiger partial charge on any atom is 0.175 e. The highest BCUT2D eigenvalue weighted by atomic mass is 32.2. The number of hydrogen-bond donors (Lipinski definition) is 0. The van der Waals surface area contributed by atoms with Crippen LogP contribution in [0.25, 0.3) is 0 Å². The molecular weight excluding hydrogens is 298 g/mol. The quantitative estimate of drug-likeness (QED) is 0.816. The predicted molar refractivity (Wildman–Crippen MR) is 73.9 cm³/mol. The minimum Gasteiger partial charge on any atom is -0.294 e. The van der Waals surface area contributed by atoms with E-state index in [1.807, 2.05) is 0 Å². The maximum atomic E-state index is 13.1. The van der Waals surface area contributed by atoms with E-state index in [1.54, 1.807) is 0 Å². The van der Waals surface area contributed by atoms with Crippen molar-refractivity contribution in [2.45, 2.75) is 11.3 Å². The van der Waals surface area contributed by atoms with Crippen molar-refractivity contribution in [3.05, 3.63) is 65.2 Å². The van der Waals surface area contributed by atoms with Crippen LogP contribution in [-0.4, -0.2) is 20.5 Å². The SMILES string of the molecule is CS(=O)(=O)c1ccc(C(=O)Cc2ccc(F)c(F)c2)cc1. The first kappa shape index (κ1) is 15.3. The molecule has 0 spiro atoms. The first-order valence-electron chi connectivity index (χ1n) is 6.04. The lowest BCUT2D eigenvalue weighted by atomic mass is 10.0. The van der Waals surface area contributed by atoms with Gasteiger partial charge in [-0.2, -0.15) is 0 Å². The molecule has 0 aliphatic rings. The molecule has 0 saturated heterocycles. The second kappa shape index (κ2) is 5.73. The Labute approximate surface area is 121 Å². The number of hydrogen-bond acceptors (Lipinski definition) is 3. The summed E-state index contributed by atoms with van der Waals surface area (Å²) in [6, 6.07) is 8.75. The Kier molecular flexibility index (Phi) is 4.18. The van der Waals surface area contributed by atoms with E-state index in [9.17, 15) is 22.0 Å². The predicted octanol–water partition coefficient (Wildman–Crippen LogP) is 2.79. The number of halogens is 2. The molecule has 0 aliphatic heterocycles. The molecule has 0 amide bonds. The fourth-order valence-corrected chi connectivity index (χ4v) is 2.46. The summed E-state index contributed by atoms with van der Waals surface area (Å²) < 4.78 is 48.5. The number of carbonyl (C=O) groups is 1. The Hall–Kier alpha value is -2.08. The number of sulfone groups is 1. The summed E-state index contributed by atoms with van der Waals surface area (Å²) in [5, 5.41) is 0. The van der Waals surface area contributed by atoms with E-state index in [1.165, 1.54) is 30.3 Å². The standard InChI is InChI=1S/C15H12F2O3S/c1-21(19,20)12-5-3-11(4-6-12)15(18)9-10-2-7-13(16)14(17)8-10/h2-8H,9H2,1H3. The van der Waals surface area contributed by atoms with Gasteiger partial charge in [0.15, 0.2) is 27.3 Å². The molecule has 0 N–H and O–H groups in total. The van der Waals surface area contributed by atoms with Crippen LogP contribution in [0.5, 0.6) is 0 Å². The van der Waals surface area contributed by atoms with Crippen molar-refractivity contribution >= 4 is 15.6 Å². The van der Waals surface area contributed by atoms with Gasteiger partial charge < -0.3 is 0 Å². The van der Waals surface area contributed by atoms with Crippen molar-refractivity contribution in [3.8, 4) is 0 Å². The lowest BCUT2D eigenvalue weighted by molar-refractivity contribution is 0.0993. The molecule has 0 aromatic heterocycles. The van der Waals surface area contributed by atoms with Gasteiger partial charge in [0.1, 0.15) is 0 Å². The molecule has 0 fully saturated rings. The number of carbonyl (C=O) groups excluding carboxylic acids is 1. The summed E-state index contributed by atoms with van der Waals surface area (Å²) in [6.45, 7) is 0. The fourth-order valence-electron chi connectivity index (χ4n) is 1.83. The van der Waals surface area contributed by atoms with E-state index >= 15 is 0 Å². The van der Waals surface area contributed by atoms with Crippen LogP contribution in [0, 0.1) is 11.6 Å². The van der Waals surface area contributed by atoms with Gasteiger partial charge in [-0.05, 0) is 29.8 Å². The van der Waals surface area contributed by atoms with E-state index in [2.05, 4.69) is 0 Å². The Balaban J connectivity index is 2.18. The average Bonchev–Trinajstić information content (AvgIpc) is 2.42. The highest BCUT2D eigenvalue weighted by Gasteiger charge is 2.11. The summed E-state index contributed by atoms with van der Waals surface area (Å²) in [5.74, 6) is -2.28. The summed E-state index contributed by atoms with van der Waals surface area (Å²) in [6.07, 6.45) is 0.987. The van der Waals surface area contributed by atoms with Gasteiger partial charge in [-0.3, -0.25) is 4.79 Å². The van der Waals surface area contributed by atoms with Crippen LogP contribution in [0.3, 0.4) is 0 Å². The number of ketones is 1. The topological polar surface area (TPSA) is 51.2 Å². The normalized spacial score (nSPS) is 11.4. The Morgan fingerprint density at radius 3 is 2.14 bits per heavy atom. The van der Waals surface area contributed by atoms with Gasteiger partial charge >= 0.3 is 0 Å². The molecular formula is C15H12F2O3S. The van der Waals surface area contributed by atoms with Crippen molar-refractivity contribution in [1.29, 1.82) is 0 Å². The van der Waals surface area contributed by atoms with Crippen molar-refractivity contribution < 1.29 is 22.0 Å². The minimum atomic E-state index is -3.32. The van der Waals surface area contributed by atoms with Crippen LogP contribution in [-0.2, 0) is 16.3 Å². The van der Waals surface area contributed by atoms with Crippen LogP contribution in [0.4, 0.5) is 8.78 Å². The van der Waals surface area contributed by atoms with Gasteiger partial charge in [0.2, 0.25) is 0 Å². The highest BCUT2D eigenvalue weighted by molar-refractivity contribution is 7.90. The van der Waals surface area contributed by atoms with E-state index in [4.69, 9.17) is 0 Å². The van der Waals surface area contributed by atoms with Crippen LogP contribution in [0.15, 0.2) is 47.4 Å². The number of benzene rings is 2. The molecule has 0 saturated carbocycles. The number of rotatable bonds is 4. The van der Waals surface area contributed by atoms with E-state index < -0.39 is 21.5 Å². The van der Waals surface area contributed by atoms with E-state index in [-0.39, 0.29) is 17.1 Å². The summed E-state index contributed by atoms with van der Waals surface area (Å²) in [5.41, 5.74) is 0.665. The first-order valence-corrected chi connectivity index (χ1v) is 7.94. The molecule has 3 nitrogen and oxygen atoms in total. The number of Topliss-reactive ketones (excluding diaryl/α,β-unsaturated/α-hetero) is 1. The smallest absolute Gasteiger partial charge is 0.175 e. The monoisotopic (exact) mass is 310 g/mol. The summed E-state index contributed by atoms with van der Waals surface area (Å²) >= 11 is 0. The fraction of sp³-hybridized carbons (Fsp3) is 0.133. The Morgan fingerprint density at radius 2 is 1.62 bits per heavy atom. The lowest BCUT2D eigenvalue weighted by Crippen LogP contribution is -2.05. The molecule has 0 radical (unpaired) electrons. The molecule has 0 atom stereocenters. The third kappa shape index (κ3) is 3.72. The van der Waals surface area contributed by atoms with Gasteiger partial charge in [0, 0.05) is 18.2 Å². The van der Waals surface area contributed by atoms with Gasteiger partial charge in [-0.25, -0.2) is 17.2 Å². The Morgan fingerprint density at radius 1 is 1.00 bits per heavy atom. The molecule has 0 unspecified atom stereocenters. The van der Waals surface area contributed by atoms with Crippen LogP contribution >= 0.6 is 0 Å². The lowest BCUT2D eigenvalue weighted by Gasteiger charge is -2.04.